The summed E-state index contributed by atoms with van der Waals surface area (Å²) in [6.45, 7) is 8.45. The summed E-state index contributed by atoms with van der Waals surface area (Å²) in [5.74, 6) is 1.09. The van der Waals surface area contributed by atoms with Crippen LogP contribution in [0.2, 0.25) is 0 Å². The first-order valence-corrected chi connectivity index (χ1v) is 5.36. The molecule has 14 heavy (non-hydrogen) atoms. The van der Waals surface area contributed by atoms with Gasteiger partial charge in [0, 0.05) is 0 Å². The van der Waals surface area contributed by atoms with Crippen LogP contribution in [0.3, 0.4) is 0 Å². The van der Waals surface area contributed by atoms with Crippen LogP contribution in [0.15, 0.2) is 12.1 Å². The van der Waals surface area contributed by atoms with E-state index in [1.807, 2.05) is 6.92 Å². The first-order chi connectivity index (χ1) is 6.56. The van der Waals surface area contributed by atoms with Crippen LogP contribution in [0.5, 0.6) is 5.75 Å². The second kappa shape index (κ2) is 4.50. The van der Waals surface area contributed by atoms with E-state index in [4.69, 9.17) is 0 Å². The highest BCUT2D eigenvalue weighted by atomic mass is 16.3. The lowest BCUT2D eigenvalue weighted by Crippen LogP contribution is -1.97. The highest BCUT2D eigenvalue weighted by Gasteiger charge is 2.08. The maximum Gasteiger partial charge on any atom is 0.121 e. The Balaban J connectivity index is 3.04. The van der Waals surface area contributed by atoms with Crippen LogP contribution in [0.25, 0.3) is 0 Å². The lowest BCUT2D eigenvalue weighted by atomic mass is 9.96. The largest absolute Gasteiger partial charge is 0.507 e. The molecule has 0 heterocycles. The molecule has 78 valence electrons. The molecule has 0 aromatic heterocycles. The van der Waals surface area contributed by atoms with Gasteiger partial charge in [-0.25, -0.2) is 0 Å². The normalized spacial score (nSPS) is 10.9. The molecule has 0 spiro atoms. The minimum absolute atomic E-state index is 0.498. The molecule has 1 heteroatoms. The van der Waals surface area contributed by atoms with E-state index in [-0.39, 0.29) is 0 Å². The molecule has 1 rings (SSSR count). The molecule has 0 saturated carbocycles. The number of phenols is 1. The SMILES string of the molecule is CCc1ccc(CC(C)C)c(O)c1C. The third-order valence-corrected chi connectivity index (χ3v) is 2.64. The number of rotatable bonds is 3. The van der Waals surface area contributed by atoms with Crippen LogP contribution < -0.4 is 0 Å². The third kappa shape index (κ3) is 2.28. The van der Waals surface area contributed by atoms with Crippen molar-refractivity contribution in [3.8, 4) is 5.75 Å². The topological polar surface area (TPSA) is 20.2 Å². The van der Waals surface area contributed by atoms with E-state index >= 15 is 0 Å². The molecule has 0 aliphatic carbocycles. The summed E-state index contributed by atoms with van der Waals surface area (Å²) in [4.78, 5) is 0. The highest BCUT2D eigenvalue weighted by Crippen LogP contribution is 2.27. The molecule has 0 bridgehead atoms. The van der Waals surface area contributed by atoms with E-state index in [2.05, 4.69) is 32.9 Å². The summed E-state index contributed by atoms with van der Waals surface area (Å²) in [5, 5.41) is 9.96. The first-order valence-electron chi connectivity index (χ1n) is 5.36. The lowest BCUT2D eigenvalue weighted by Gasteiger charge is -2.12. The van der Waals surface area contributed by atoms with Gasteiger partial charge in [0.2, 0.25) is 0 Å². The maximum absolute atomic E-state index is 9.96. The van der Waals surface area contributed by atoms with Crippen molar-refractivity contribution < 1.29 is 5.11 Å². The van der Waals surface area contributed by atoms with Gasteiger partial charge in [0.15, 0.2) is 0 Å². The van der Waals surface area contributed by atoms with Crippen LogP contribution in [0.4, 0.5) is 0 Å². The molecular formula is C13H20O. The number of hydrogen-bond acceptors (Lipinski definition) is 1. The van der Waals surface area contributed by atoms with Crippen molar-refractivity contribution in [2.24, 2.45) is 5.92 Å². The van der Waals surface area contributed by atoms with Crippen molar-refractivity contribution in [2.45, 2.75) is 40.5 Å². The van der Waals surface area contributed by atoms with Crippen molar-refractivity contribution in [3.05, 3.63) is 28.8 Å². The minimum Gasteiger partial charge on any atom is -0.507 e. The summed E-state index contributed by atoms with van der Waals surface area (Å²) in [6.07, 6.45) is 1.94. The Hall–Kier alpha value is -0.980. The van der Waals surface area contributed by atoms with Gasteiger partial charge in [-0.05, 0) is 42.4 Å². The van der Waals surface area contributed by atoms with Gasteiger partial charge >= 0.3 is 0 Å². The Morgan fingerprint density at radius 2 is 1.79 bits per heavy atom. The van der Waals surface area contributed by atoms with Crippen molar-refractivity contribution in [1.82, 2.24) is 0 Å². The number of hydrogen-bond donors (Lipinski definition) is 1. The Kier molecular flexibility index (Phi) is 3.56. The van der Waals surface area contributed by atoms with Gasteiger partial charge in [0.25, 0.3) is 0 Å². The first kappa shape index (κ1) is 11.1. The molecule has 0 saturated heterocycles. The summed E-state index contributed by atoms with van der Waals surface area (Å²) in [7, 11) is 0. The molecular weight excluding hydrogens is 172 g/mol. The molecule has 0 atom stereocenters. The average molecular weight is 192 g/mol. The predicted octanol–water partition coefficient (Wildman–Crippen LogP) is 3.46. The second-order valence-corrected chi connectivity index (χ2v) is 4.31. The van der Waals surface area contributed by atoms with Gasteiger partial charge in [0.05, 0.1) is 0 Å². The van der Waals surface area contributed by atoms with Crippen molar-refractivity contribution in [3.63, 3.8) is 0 Å². The molecule has 0 fully saturated rings. The number of aryl methyl sites for hydroxylation is 1. The molecule has 0 aliphatic heterocycles. The third-order valence-electron chi connectivity index (χ3n) is 2.64. The van der Waals surface area contributed by atoms with E-state index in [0.29, 0.717) is 11.7 Å². The van der Waals surface area contributed by atoms with E-state index < -0.39 is 0 Å². The Bertz CT molecular complexity index is 313. The van der Waals surface area contributed by atoms with Crippen molar-refractivity contribution in [2.75, 3.05) is 0 Å². The number of phenolic OH excluding ortho intramolecular Hbond substituents is 1. The molecule has 1 N–H and O–H groups in total. The Morgan fingerprint density at radius 1 is 1.21 bits per heavy atom. The standard InChI is InChI=1S/C13H20O/c1-5-11-6-7-12(8-9(2)3)13(14)10(11)4/h6-7,9,14H,5,8H2,1-4H3. The number of aromatic hydroxyl groups is 1. The molecule has 1 nitrogen and oxygen atoms in total. The van der Waals surface area contributed by atoms with E-state index in [9.17, 15) is 5.11 Å². The molecule has 0 aliphatic rings. The summed E-state index contributed by atoms with van der Waals surface area (Å²) in [5.41, 5.74) is 3.37. The maximum atomic E-state index is 9.96. The van der Waals surface area contributed by atoms with E-state index in [0.717, 1.165) is 24.0 Å². The van der Waals surface area contributed by atoms with Gasteiger partial charge in [-0.1, -0.05) is 32.9 Å². The molecule has 0 amide bonds. The van der Waals surface area contributed by atoms with Gasteiger partial charge in [-0.2, -0.15) is 0 Å². The second-order valence-electron chi connectivity index (χ2n) is 4.31. The Morgan fingerprint density at radius 3 is 2.29 bits per heavy atom. The fourth-order valence-corrected chi connectivity index (χ4v) is 1.79. The smallest absolute Gasteiger partial charge is 0.121 e. The summed E-state index contributed by atoms with van der Waals surface area (Å²) >= 11 is 0. The zero-order valence-electron chi connectivity index (χ0n) is 9.59. The fraction of sp³-hybridized carbons (Fsp3) is 0.538. The molecule has 0 radical (unpaired) electrons. The average Bonchev–Trinajstić information content (AvgIpc) is 2.13. The van der Waals surface area contributed by atoms with E-state index in [1.54, 1.807) is 0 Å². The van der Waals surface area contributed by atoms with Crippen molar-refractivity contribution in [1.29, 1.82) is 0 Å². The number of benzene rings is 1. The van der Waals surface area contributed by atoms with Gasteiger partial charge < -0.3 is 5.11 Å². The monoisotopic (exact) mass is 192 g/mol. The van der Waals surface area contributed by atoms with Gasteiger partial charge in [-0.3, -0.25) is 0 Å². The fourth-order valence-electron chi connectivity index (χ4n) is 1.79. The van der Waals surface area contributed by atoms with Crippen LogP contribution in [-0.2, 0) is 12.8 Å². The van der Waals surface area contributed by atoms with Gasteiger partial charge in [0.1, 0.15) is 5.75 Å². The molecule has 1 aromatic rings. The predicted molar refractivity (Wildman–Crippen MR) is 60.8 cm³/mol. The van der Waals surface area contributed by atoms with Crippen LogP contribution in [0, 0.1) is 12.8 Å². The summed E-state index contributed by atoms with van der Waals surface area (Å²) < 4.78 is 0. The van der Waals surface area contributed by atoms with Gasteiger partial charge in [-0.15, -0.1) is 0 Å². The van der Waals surface area contributed by atoms with E-state index in [1.165, 1.54) is 5.56 Å². The highest BCUT2D eigenvalue weighted by molar-refractivity contribution is 5.44. The molecule has 0 unspecified atom stereocenters. The van der Waals surface area contributed by atoms with Crippen LogP contribution in [0.1, 0.15) is 37.5 Å². The lowest BCUT2D eigenvalue weighted by molar-refractivity contribution is 0.457. The minimum atomic E-state index is 0.498. The van der Waals surface area contributed by atoms with Crippen LogP contribution in [-0.4, -0.2) is 5.11 Å². The zero-order chi connectivity index (χ0) is 10.7. The molecule has 1 aromatic carbocycles. The van der Waals surface area contributed by atoms with Crippen LogP contribution >= 0.6 is 0 Å². The van der Waals surface area contributed by atoms with Crippen molar-refractivity contribution >= 4 is 0 Å². The quantitative estimate of drug-likeness (QED) is 0.777. The summed E-state index contributed by atoms with van der Waals surface area (Å²) in [6, 6.07) is 4.19. The Labute approximate surface area is 86.8 Å². The zero-order valence-corrected chi connectivity index (χ0v) is 9.59.